The maximum absolute atomic E-state index is 12.6. The summed E-state index contributed by atoms with van der Waals surface area (Å²) in [5.41, 5.74) is -0.195. The lowest BCUT2D eigenvalue weighted by Gasteiger charge is -2.50. The highest BCUT2D eigenvalue weighted by molar-refractivity contribution is 14.1. The second kappa shape index (κ2) is 8.57. The number of nitrogens with zero attached hydrogens (tertiary/aromatic N) is 1. The van der Waals surface area contributed by atoms with Gasteiger partial charge in [0.25, 0.3) is 0 Å². The third-order valence-electron chi connectivity index (χ3n) is 5.35. The summed E-state index contributed by atoms with van der Waals surface area (Å²) in [5.74, 6) is 0. The predicted octanol–water partition coefficient (Wildman–Crippen LogP) is 4.53. The van der Waals surface area contributed by atoms with Crippen LogP contribution in [0.3, 0.4) is 0 Å². The lowest BCUT2D eigenvalue weighted by molar-refractivity contribution is 0.224. The molecule has 0 radical (unpaired) electrons. The first-order valence-electron chi connectivity index (χ1n) is 8.25. The first-order valence-corrected chi connectivity index (χ1v) is 13.3. The van der Waals surface area contributed by atoms with Gasteiger partial charge in [0.2, 0.25) is 0 Å². The van der Waals surface area contributed by atoms with Gasteiger partial charge in [0, 0.05) is 15.2 Å². The second-order valence-electron chi connectivity index (χ2n) is 6.15. The third kappa shape index (κ3) is 3.63. The molecule has 0 bridgehead atoms. The van der Waals surface area contributed by atoms with Gasteiger partial charge in [-0.25, -0.2) is 4.98 Å². The van der Waals surface area contributed by atoms with E-state index in [-0.39, 0.29) is 19.3 Å². The minimum Gasteiger partial charge on any atom is -0.324 e. The van der Waals surface area contributed by atoms with Crippen LogP contribution in [0.1, 0.15) is 58.1 Å². The average molecular weight is 584 g/mol. The van der Waals surface area contributed by atoms with E-state index in [1.807, 2.05) is 6.92 Å². The van der Waals surface area contributed by atoms with Crippen LogP contribution in [0.15, 0.2) is 10.8 Å². The fourth-order valence-electron chi connectivity index (χ4n) is 4.18. The molecule has 0 unspecified atom stereocenters. The Labute approximate surface area is 176 Å². The van der Waals surface area contributed by atoms with E-state index in [2.05, 4.69) is 43.5 Å². The van der Waals surface area contributed by atoms with E-state index in [9.17, 15) is 28.7 Å². The van der Waals surface area contributed by atoms with Crippen LogP contribution in [0.5, 0.6) is 0 Å². The molecule has 0 aliphatic rings. The van der Waals surface area contributed by atoms with Gasteiger partial charge in [-0.15, -0.1) is 0 Å². The minimum absolute atomic E-state index is 0.140. The van der Waals surface area contributed by atoms with Gasteiger partial charge in [-0.1, -0.05) is 27.7 Å². The third-order valence-corrected chi connectivity index (χ3v) is 11.9. The Kier molecular flexibility index (Phi) is 8.14. The SMILES string of the molecule is CCc1c(I)cnc(Br)c1C(CC)(CC)C(CC)(P(=O)(O)O)P(=O)(O)O. The summed E-state index contributed by atoms with van der Waals surface area (Å²) >= 11 is 5.46. The predicted molar refractivity (Wildman–Crippen MR) is 113 cm³/mol. The Hall–Kier alpha value is 0.660. The Balaban J connectivity index is 4.24. The minimum atomic E-state index is -5.23. The topological polar surface area (TPSA) is 128 Å². The number of hydrogen-bond acceptors (Lipinski definition) is 3. The molecule has 0 amide bonds. The largest absolute Gasteiger partial charge is 0.344 e. The van der Waals surface area contributed by atoms with E-state index in [1.165, 1.54) is 6.92 Å². The van der Waals surface area contributed by atoms with Gasteiger partial charge in [0.15, 0.2) is 4.90 Å². The summed E-state index contributed by atoms with van der Waals surface area (Å²) in [6.07, 6.45) is 2.08. The zero-order chi connectivity index (χ0) is 20.6. The van der Waals surface area contributed by atoms with E-state index in [1.54, 1.807) is 20.0 Å². The fourth-order valence-corrected chi connectivity index (χ4v) is 9.84. The zero-order valence-corrected chi connectivity index (χ0v) is 20.6. The molecule has 0 atom stereocenters. The number of aromatic nitrogens is 1. The highest BCUT2D eigenvalue weighted by Gasteiger charge is 2.70. The molecule has 4 N–H and O–H groups in total. The monoisotopic (exact) mass is 583 g/mol. The van der Waals surface area contributed by atoms with Crippen molar-refractivity contribution in [2.24, 2.45) is 0 Å². The molecule has 0 aromatic carbocycles. The van der Waals surface area contributed by atoms with Gasteiger partial charge in [-0.2, -0.15) is 0 Å². The van der Waals surface area contributed by atoms with Gasteiger partial charge >= 0.3 is 15.2 Å². The van der Waals surface area contributed by atoms with Crippen molar-refractivity contribution < 1.29 is 28.7 Å². The summed E-state index contributed by atoms with van der Waals surface area (Å²) in [7, 11) is -10.5. The van der Waals surface area contributed by atoms with E-state index < -0.39 is 25.5 Å². The van der Waals surface area contributed by atoms with Crippen LogP contribution in [0.2, 0.25) is 0 Å². The molecule has 1 heterocycles. The molecule has 1 aromatic rings. The highest BCUT2D eigenvalue weighted by Crippen LogP contribution is 2.78. The van der Waals surface area contributed by atoms with Crippen molar-refractivity contribution in [1.82, 2.24) is 4.98 Å². The van der Waals surface area contributed by atoms with Crippen molar-refractivity contribution in [2.45, 2.75) is 63.7 Å². The van der Waals surface area contributed by atoms with E-state index >= 15 is 0 Å². The Morgan fingerprint density at radius 1 is 1.04 bits per heavy atom. The van der Waals surface area contributed by atoms with Crippen molar-refractivity contribution in [3.05, 3.63) is 25.5 Å². The van der Waals surface area contributed by atoms with Crippen LogP contribution >= 0.6 is 53.7 Å². The number of halogens is 2. The molecular weight excluding hydrogens is 559 g/mol. The van der Waals surface area contributed by atoms with Gasteiger partial charge < -0.3 is 19.6 Å². The molecule has 0 aliphatic heterocycles. The van der Waals surface area contributed by atoms with Crippen LogP contribution < -0.4 is 0 Å². The first-order chi connectivity index (χ1) is 11.8. The van der Waals surface area contributed by atoms with Gasteiger partial charge in [0.1, 0.15) is 4.60 Å². The molecule has 1 aromatic heterocycles. The first kappa shape index (κ1) is 24.7. The summed E-state index contributed by atoms with van der Waals surface area (Å²) in [5, 5.41) is 0. The maximum Gasteiger partial charge on any atom is 0.344 e. The van der Waals surface area contributed by atoms with Crippen LogP contribution in [-0.4, -0.2) is 29.5 Å². The molecule has 7 nitrogen and oxygen atoms in total. The van der Waals surface area contributed by atoms with Gasteiger partial charge in [0.05, 0.1) is 0 Å². The van der Waals surface area contributed by atoms with Crippen molar-refractivity contribution in [3.8, 4) is 0 Å². The van der Waals surface area contributed by atoms with Gasteiger partial charge in [-0.05, 0) is 75.3 Å². The molecule has 0 saturated carbocycles. The van der Waals surface area contributed by atoms with Crippen molar-refractivity contribution >= 4 is 53.7 Å². The van der Waals surface area contributed by atoms with Crippen molar-refractivity contribution in [2.75, 3.05) is 0 Å². The summed E-state index contributed by atoms with van der Waals surface area (Å²) < 4.78 is 26.4. The Morgan fingerprint density at radius 2 is 1.50 bits per heavy atom. The summed E-state index contributed by atoms with van der Waals surface area (Å²) in [6, 6.07) is 0. The van der Waals surface area contributed by atoms with Crippen LogP contribution in [0.4, 0.5) is 0 Å². The molecule has 0 saturated heterocycles. The maximum atomic E-state index is 12.6. The van der Waals surface area contributed by atoms with E-state index in [0.29, 0.717) is 16.6 Å². The zero-order valence-electron chi connectivity index (χ0n) is 15.1. The molecule has 0 aliphatic carbocycles. The molecule has 26 heavy (non-hydrogen) atoms. The van der Waals surface area contributed by atoms with Crippen LogP contribution in [-0.2, 0) is 21.0 Å². The summed E-state index contributed by atoms with van der Waals surface area (Å²) in [6.45, 7) is 6.71. The number of rotatable bonds is 8. The Bertz CT molecular complexity index is 737. The van der Waals surface area contributed by atoms with Crippen molar-refractivity contribution in [3.63, 3.8) is 0 Å². The summed E-state index contributed by atoms with van der Waals surface area (Å²) in [4.78, 5) is 42.6. The van der Waals surface area contributed by atoms with Crippen LogP contribution in [0.25, 0.3) is 0 Å². The molecule has 150 valence electrons. The lowest BCUT2D eigenvalue weighted by atomic mass is 9.70. The van der Waals surface area contributed by atoms with E-state index in [0.717, 1.165) is 9.13 Å². The highest BCUT2D eigenvalue weighted by atomic mass is 127. The normalized spacial score (nSPS) is 13.9. The Morgan fingerprint density at radius 3 is 1.81 bits per heavy atom. The molecule has 11 heteroatoms. The number of hydrogen-bond donors (Lipinski definition) is 4. The molecule has 0 spiro atoms. The second-order valence-corrected chi connectivity index (χ2v) is 12.1. The van der Waals surface area contributed by atoms with Crippen molar-refractivity contribution in [1.29, 1.82) is 0 Å². The quantitative estimate of drug-likeness (QED) is 0.201. The van der Waals surface area contributed by atoms with E-state index in [4.69, 9.17) is 0 Å². The number of pyridine rings is 1. The van der Waals surface area contributed by atoms with Gasteiger partial charge in [-0.3, -0.25) is 9.13 Å². The fraction of sp³-hybridized carbons (Fsp3) is 0.667. The lowest BCUT2D eigenvalue weighted by Crippen LogP contribution is -2.51. The molecular formula is C15H25BrINO6P2. The average Bonchev–Trinajstić information content (AvgIpc) is 2.52. The van der Waals surface area contributed by atoms with Crippen LogP contribution in [0, 0.1) is 3.57 Å². The smallest absolute Gasteiger partial charge is 0.324 e. The molecule has 0 fully saturated rings. The standard InChI is InChI=1S/C15H25BrINO6P2/c1-5-10-11(17)9-18-13(16)12(10)14(6-2,7-3)15(8-4,25(19,20)21)26(22,23)24/h9H,5-8H2,1-4H3,(H2,19,20,21)(H2,22,23,24). The molecule has 1 rings (SSSR count).